The normalized spacial score (nSPS) is 10.6. The minimum atomic E-state index is 0.521. The highest BCUT2D eigenvalue weighted by Crippen LogP contribution is 2.23. The second-order valence-corrected chi connectivity index (χ2v) is 6.07. The van der Waals surface area contributed by atoms with Crippen LogP contribution in [0.4, 0.5) is 5.69 Å². The van der Waals surface area contributed by atoms with E-state index < -0.39 is 0 Å². The number of ether oxygens (including phenoxy) is 1. The van der Waals surface area contributed by atoms with Gasteiger partial charge in [0.1, 0.15) is 5.75 Å². The van der Waals surface area contributed by atoms with Crippen LogP contribution in [0.3, 0.4) is 0 Å². The number of hydrogen-bond donors (Lipinski definition) is 1. The number of rotatable bonds is 6. The average molecular weight is 357 g/mol. The third-order valence-corrected chi connectivity index (χ3v) is 4.25. The average Bonchev–Trinajstić information content (AvgIpc) is 3.24. The van der Waals surface area contributed by atoms with Crippen molar-refractivity contribution in [2.45, 2.75) is 6.54 Å². The van der Waals surface area contributed by atoms with Gasteiger partial charge in [0.25, 0.3) is 5.89 Å². The van der Waals surface area contributed by atoms with Crippen molar-refractivity contribution in [1.29, 1.82) is 0 Å². The molecular weight excluding hydrogens is 338 g/mol. The molecule has 0 saturated heterocycles. The summed E-state index contributed by atoms with van der Waals surface area (Å²) in [7, 11) is 1.67. The predicted octanol–water partition coefficient (Wildman–Crippen LogP) is 5.02. The molecule has 27 heavy (non-hydrogen) atoms. The van der Waals surface area contributed by atoms with Crippen LogP contribution in [0.1, 0.15) is 5.56 Å². The van der Waals surface area contributed by atoms with Crippen LogP contribution in [0.2, 0.25) is 0 Å². The maximum absolute atomic E-state index is 5.37. The lowest BCUT2D eigenvalue weighted by atomic mass is 10.1. The highest BCUT2D eigenvalue weighted by atomic mass is 16.5. The molecule has 1 heterocycles. The van der Waals surface area contributed by atoms with E-state index in [-0.39, 0.29) is 0 Å². The minimum absolute atomic E-state index is 0.521. The molecule has 0 fully saturated rings. The van der Waals surface area contributed by atoms with Crippen molar-refractivity contribution in [2.24, 2.45) is 0 Å². The molecule has 1 aromatic heterocycles. The molecule has 0 aliphatic carbocycles. The molecule has 134 valence electrons. The number of aromatic nitrogens is 2. The Morgan fingerprint density at radius 1 is 0.852 bits per heavy atom. The fraction of sp³-hybridized carbons (Fsp3) is 0.0909. The Kier molecular flexibility index (Phi) is 4.83. The van der Waals surface area contributed by atoms with E-state index in [0.717, 1.165) is 29.1 Å². The summed E-state index contributed by atoms with van der Waals surface area (Å²) in [4.78, 5) is 4.48. The zero-order valence-electron chi connectivity index (χ0n) is 14.9. The van der Waals surface area contributed by atoms with Crippen LogP contribution in [0.25, 0.3) is 22.8 Å². The lowest BCUT2D eigenvalue weighted by Crippen LogP contribution is -1.99. The molecule has 1 N–H and O–H groups in total. The molecule has 0 aliphatic heterocycles. The summed E-state index contributed by atoms with van der Waals surface area (Å²) in [5, 5.41) is 7.49. The lowest BCUT2D eigenvalue weighted by molar-refractivity contribution is 0.414. The van der Waals surface area contributed by atoms with Crippen molar-refractivity contribution in [1.82, 2.24) is 10.1 Å². The fourth-order valence-electron chi connectivity index (χ4n) is 2.72. The maximum Gasteiger partial charge on any atom is 0.258 e. The van der Waals surface area contributed by atoms with Gasteiger partial charge in [-0.3, -0.25) is 0 Å². The molecule has 0 spiro atoms. The summed E-state index contributed by atoms with van der Waals surface area (Å²) >= 11 is 0. The first-order valence-electron chi connectivity index (χ1n) is 8.68. The molecule has 0 radical (unpaired) electrons. The van der Waals surface area contributed by atoms with Crippen LogP contribution in [0.5, 0.6) is 5.75 Å². The van der Waals surface area contributed by atoms with Gasteiger partial charge in [-0.25, -0.2) is 0 Å². The van der Waals surface area contributed by atoms with Crippen molar-refractivity contribution in [2.75, 3.05) is 12.4 Å². The van der Waals surface area contributed by atoms with Crippen LogP contribution in [-0.2, 0) is 6.54 Å². The van der Waals surface area contributed by atoms with Crippen molar-refractivity contribution < 1.29 is 9.26 Å². The largest absolute Gasteiger partial charge is 0.497 e. The summed E-state index contributed by atoms with van der Waals surface area (Å²) in [6.07, 6.45) is 0. The molecule has 0 unspecified atom stereocenters. The van der Waals surface area contributed by atoms with Crippen molar-refractivity contribution in [3.63, 3.8) is 0 Å². The van der Waals surface area contributed by atoms with Crippen LogP contribution in [-0.4, -0.2) is 17.3 Å². The molecule has 0 aliphatic rings. The summed E-state index contributed by atoms with van der Waals surface area (Å²) in [5.41, 5.74) is 4.04. The molecule has 0 atom stereocenters. The van der Waals surface area contributed by atoms with Gasteiger partial charge in [0, 0.05) is 23.4 Å². The summed E-state index contributed by atoms with van der Waals surface area (Å²) in [6.45, 7) is 0.740. The zero-order chi connectivity index (χ0) is 18.5. The Morgan fingerprint density at radius 3 is 2.30 bits per heavy atom. The number of hydrogen-bond acceptors (Lipinski definition) is 5. The van der Waals surface area contributed by atoms with Crippen molar-refractivity contribution in [3.8, 4) is 28.6 Å². The van der Waals surface area contributed by atoms with Gasteiger partial charge >= 0.3 is 0 Å². The first-order valence-corrected chi connectivity index (χ1v) is 8.68. The molecule has 0 bridgehead atoms. The smallest absolute Gasteiger partial charge is 0.258 e. The first-order chi connectivity index (χ1) is 13.3. The van der Waals surface area contributed by atoms with E-state index in [2.05, 4.69) is 15.5 Å². The SMILES string of the molecule is COc1ccc(CNc2ccc(-c3noc(-c4ccccc4)n3)cc2)cc1. The highest BCUT2D eigenvalue weighted by Gasteiger charge is 2.10. The summed E-state index contributed by atoms with van der Waals surface area (Å²) in [5.74, 6) is 1.96. The van der Waals surface area contributed by atoms with Crippen LogP contribution in [0.15, 0.2) is 83.4 Å². The van der Waals surface area contributed by atoms with Gasteiger partial charge in [0.15, 0.2) is 0 Å². The van der Waals surface area contributed by atoms with Crippen molar-refractivity contribution >= 4 is 5.69 Å². The number of nitrogens with zero attached hydrogens (tertiary/aromatic N) is 2. The third kappa shape index (κ3) is 3.98. The first kappa shape index (κ1) is 16.8. The standard InChI is InChI=1S/C22H19N3O2/c1-26-20-13-7-16(8-14-20)15-23-19-11-9-17(10-12-19)21-24-22(27-25-21)18-5-3-2-4-6-18/h2-14,23H,15H2,1H3. The van der Waals surface area contributed by atoms with Gasteiger partial charge in [-0.2, -0.15) is 4.98 Å². The van der Waals surface area contributed by atoms with Gasteiger partial charge in [-0.1, -0.05) is 35.5 Å². The predicted molar refractivity (Wildman–Crippen MR) is 105 cm³/mol. The quantitative estimate of drug-likeness (QED) is 0.525. The van der Waals surface area contributed by atoms with Gasteiger partial charge in [0.05, 0.1) is 7.11 Å². The van der Waals surface area contributed by atoms with E-state index in [1.165, 1.54) is 5.56 Å². The molecule has 0 saturated carbocycles. The lowest BCUT2D eigenvalue weighted by Gasteiger charge is -2.07. The van der Waals surface area contributed by atoms with Gasteiger partial charge in [-0.05, 0) is 54.1 Å². The van der Waals surface area contributed by atoms with E-state index in [4.69, 9.17) is 9.26 Å². The topological polar surface area (TPSA) is 60.2 Å². The molecule has 3 aromatic carbocycles. The van der Waals surface area contributed by atoms with Gasteiger partial charge < -0.3 is 14.6 Å². The molecule has 4 aromatic rings. The van der Waals surface area contributed by atoms with E-state index in [9.17, 15) is 0 Å². The molecule has 0 amide bonds. The number of benzene rings is 3. The van der Waals surface area contributed by atoms with E-state index in [1.54, 1.807) is 7.11 Å². The molecule has 5 nitrogen and oxygen atoms in total. The number of anilines is 1. The Morgan fingerprint density at radius 2 is 1.59 bits per heavy atom. The number of methoxy groups -OCH3 is 1. The fourth-order valence-corrected chi connectivity index (χ4v) is 2.72. The molecular formula is C22H19N3O2. The second kappa shape index (κ2) is 7.74. The number of nitrogens with one attached hydrogen (secondary N) is 1. The van der Waals surface area contributed by atoms with Crippen molar-refractivity contribution in [3.05, 3.63) is 84.4 Å². The third-order valence-electron chi connectivity index (χ3n) is 4.25. The molecule has 4 rings (SSSR count). The Bertz CT molecular complexity index is 994. The van der Waals surface area contributed by atoms with E-state index in [1.807, 2.05) is 78.9 Å². The summed E-state index contributed by atoms with van der Waals surface area (Å²) < 4.78 is 10.5. The van der Waals surface area contributed by atoms with Crippen LogP contribution >= 0.6 is 0 Å². The second-order valence-electron chi connectivity index (χ2n) is 6.07. The Labute approximate surface area is 157 Å². The van der Waals surface area contributed by atoms with E-state index >= 15 is 0 Å². The van der Waals surface area contributed by atoms with Gasteiger partial charge in [0.2, 0.25) is 5.82 Å². The highest BCUT2D eigenvalue weighted by molar-refractivity contribution is 5.62. The molecule has 5 heteroatoms. The van der Waals surface area contributed by atoms with E-state index in [0.29, 0.717) is 11.7 Å². The van der Waals surface area contributed by atoms with Crippen LogP contribution in [0, 0.1) is 0 Å². The summed E-state index contributed by atoms with van der Waals surface area (Å²) in [6, 6.07) is 25.7. The minimum Gasteiger partial charge on any atom is -0.497 e. The maximum atomic E-state index is 5.37. The van der Waals surface area contributed by atoms with Gasteiger partial charge in [-0.15, -0.1) is 0 Å². The Hall–Kier alpha value is -3.60. The Balaban J connectivity index is 1.42. The van der Waals surface area contributed by atoms with Crippen LogP contribution < -0.4 is 10.1 Å². The monoisotopic (exact) mass is 357 g/mol. The zero-order valence-corrected chi connectivity index (χ0v) is 14.9.